The average Bonchev–Trinajstić information content (AvgIpc) is 2.87. The summed E-state index contributed by atoms with van der Waals surface area (Å²) in [5.41, 5.74) is 3.48. The molecule has 8 heteroatoms. The third-order valence-electron chi connectivity index (χ3n) is 6.17. The van der Waals surface area contributed by atoms with Gasteiger partial charge in [0.2, 0.25) is 0 Å². The number of rotatable bonds is 7. The van der Waals surface area contributed by atoms with E-state index in [0.29, 0.717) is 17.2 Å². The molecule has 0 spiro atoms. The zero-order chi connectivity index (χ0) is 25.2. The maximum absolute atomic E-state index is 13.6. The van der Waals surface area contributed by atoms with Gasteiger partial charge in [-0.1, -0.05) is 37.3 Å². The highest BCUT2D eigenvalue weighted by molar-refractivity contribution is 7.92. The van der Waals surface area contributed by atoms with Crippen LogP contribution >= 0.6 is 0 Å². The molecule has 2 atom stereocenters. The summed E-state index contributed by atoms with van der Waals surface area (Å²) in [5, 5.41) is 2.97. The zero-order valence-corrected chi connectivity index (χ0v) is 21.1. The van der Waals surface area contributed by atoms with Gasteiger partial charge in [0.1, 0.15) is 11.5 Å². The van der Waals surface area contributed by atoms with E-state index in [1.165, 1.54) is 29.1 Å². The van der Waals surface area contributed by atoms with Crippen molar-refractivity contribution in [3.8, 4) is 11.5 Å². The van der Waals surface area contributed by atoms with Crippen LogP contribution in [0.25, 0.3) is 0 Å². The van der Waals surface area contributed by atoms with Gasteiger partial charge in [0.15, 0.2) is 6.10 Å². The Balaban J connectivity index is 1.61. The number of anilines is 1. The number of carbonyl (C=O) groups is 1. The number of benzene rings is 3. The van der Waals surface area contributed by atoms with Crippen molar-refractivity contribution in [1.29, 1.82) is 0 Å². The van der Waals surface area contributed by atoms with Gasteiger partial charge >= 0.3 is 0 Å². The summed E-state index contributed by atoms with van der Waals surface area (Å²) in [6.07, 6.45) is -0.0662. The Bertz CT molecular complexity index is 1300. The predicted molar refractivity (Wildman–Crippen MR) is 135 cm³/mol. The molecule has 0 radical (unpaired) electrons. The molecule has 3 aromatic carbocycles. The van der Waals surface area contributed by atoms with Crippen LogP contribution in [0.4, 0.5) is 5.69 Å². The highest BCUT2D eigenvalue weighted by Gasteiger charge is 2.38. The van der Waals surface area contributed by atoms with E-state index >= 15 is 0 Å². The molecule has 0 saturated carbocycles. The topological polar surface area (TPSA) is 84.9 Å². The van der Waals surface area contributed by atoms with Crippen molar-refractivity contribution in [2.24, 2.45) is 0 Å². The second-order valence-electron chi connectivity index (χ2n) is 8.61. The third-order valence-corrected chi connectivity index (χ3v) is 7.97. The number of methoxy groups -OCH3 is 1. The molecular weight excluding hydrogens is 464 g/mol. The summed E-state index contributed by atoms with van der Waals surface area (Å²) in [5.74, 6) is 0.535. The van der Waals surface area contributed by atoms with Crippen LogP contribution < -0.4 is 19.1 Å². The van der Waals surface area contributed by atoms with E-state index < -0.39 is 16.1 Å². The first-order valence-electron chi connectivity index (χ1n) is 11.6. The van der Waals surface area contributed by atoms with Gasteiger partial charge in [0, 0.05) is 0 Å². The van der Waals surface area contributed by atoms with Crippen LogP contribution in [0.1, 0.15) is 36.6 Å². The predicted octanol–water partition coefficient (Wildman–Crippen LogP) is 4.40. The second-order valence-corrected chi connectivity index (χ2v) is 10.5. The summed E-state index contributed by atoms with van der Waals surface area (Å²) < 4.78 is 39.6. The first-order valence-corrected chi connectivity index (χ1v) is 13.0. The molecule has 1 aliphatic rings. The highest BCUT2D eigenvalue weighted by Crippen LogP contribution is 2.38. The zero-order valence-electron chi connectivity index (χ0n) is 20.3. The number of sulfonamides is 1. The van der Waals surface area contributed by atoms with Crippen LogP contribution in [0, 0.1) is 6.92 Å². The van der Waals surface area contributed by atoms with Crippen molar-refractivity contribution < 1.29 is 22.7 Å². The van der Waals surface area contributed by atoms with Gasteiger partial charge in [-0.15, -0.1) is 0 Å². The highest BCUT2D eigenvalue weighted by atomic mass is 32.2. The van der Waals surface area contributed by atoms with E-state index in [-0.39, 0.29) is 23.4 Å². The molecule has 1 amide bonds. The Morgan fingerprint density at radius 1 is 1.11 bits per heavy atom. The Morgan fingerprint density at radius 2 is 1.80 bits per heavy atom. The molecule has 35 heavy (non-hydrogen) atoms. The lowest BCUT2D eigenvalue weighted by atomic mass is 10.0. The fraction of sp³-hybridized carbons (Fsp3) is 0.296. The Kier molecular flexibility index (Phi) is 7.03. The molecule has 0 bridgehead atoms. The molecule has 2 unspecified atom stereocenters. The molecular formula is C27H30N2O5S. The van der Waals surface area contributed by atoms with Crippen LogP contribution in [-0.4, -0.2) is 34.1 Å². The van der Waals surface area contributed by atoms with Crippen molar-refractivity contribution in [3.05, 3.63) is 83.4 Å². The van der Waals surface area contributed by atoms with Crippen LogP contribution in [0.15, 0.2) is 71.6 Å². The fourth-order valence-electron chi connectivity index (χ4n) is 4.03. The van der Waals surface area contributed by atoms with Crippen LogP contribution in [0.3, 0.4) is 0 Å². The molecule has 3 aromatic rings. The number of fused-ring (bicyclic) bond motifs is 1. The van der Waals surface area contributed by atoms with Crippen LogP contribution in [0.5, 0.6) is 11.5 Å². The van der Waals surface area contributed by atoms with Crippen molar-refractivity contribution in [3.63, 3.8) is 0 Å². The molecule has 0 saturated heterocycles. The number of amides is 1. The van der Waals surface area contributed by atoms with Gasteiger partial charge in [0.25, 0.3) is 15.9 Å². The minimum atomic E-state index is -3.95. The summed E-state index contributed by atoms with van der Waals surface area (Å²) in [6.45, 7) is 5.73. The van der Waals surface area contributed by atoms with Crippen LogP contribution in [-0.2, 0) is 21.2 Å². The lowest BCUT2D eigenvalue weighted by Crippen LogP contribution is -2.51. The molecule has 4 rings (SSSR count). The maximum atomic E-state index is 13.6. The molecule has 0 aliphatic carbocycles. The lowest BCUT2D eigenvalue weighted by Gasteiger charge is -2.35. The summed E-state index contributed by atoms with van der Waals surface area (Å²) >= 11 is 0. The van der Waals surface area contributed by atoms with Crippen molar-refractivity contribution in [1.82, 2.24) is 5.32 Å². The Labute approximate surface area is 206 Å². The number of nitrogens with one attached hydrogen (secondary N) is 1. The summed E-state index contributed by atoms with van der Waals surface area (Å²) in [7, 11) is -2.43. The van der Waals surface area contributed by atoms with Crippen LogP contribution in [0.2, 0.25) is 0 Å². The lowest BCUT2D eigenvalue weighted by molar-refractivity contribution is -0.128. The first kappa shape index (κ1) is 24.6. The molecule has 1 heterocycles. The van der Waals surface area contributed by atoms with Gasteiger partial charge < -0.3 is 14.8 Å². The quantitative estimate of drug-likeness (QED) is 0.526. The summed E-state index contributed by atoms with van der Waals surface area (Å²) in [6, 6.07) is 19.3. The van der Waals surface area contributed by atoms with Gasteiger partial charge in [-0.2, -0.15) is 0 Å². The van der Waals surface area contributed by atoms with E-state index in [0.717, 1.165) is 17.5 Å². The normalized spacial score (nSPS) is 16.1. The van der Waals surface area contributed by atoms with Gasteiger partial charge in [-0.3, -0.25) is 9.10 Å². The van der Waals surface area contributed by atoms with E-state index in [4.69, 9.17) is 9.47 Å². The van der Waals surface area contributed by atoms with Gasteiger partial charge in [-0.25, -0.2) is 8.42 Å². The smallest absolute Gasteiger partial charge is 0.264 e. The number of aryl methyl sites for hydroxylation is 2. The molecule has 184 valence electrons. The standard InChI is InChI=1S/C27H30N2O5S/c1-5-20-7-9-21(10-8-20)19(3)28-27(30)26-17-29(24-15-6-18(2)16-25(24)34-26)35(31,32)23-13-11-22(33-4)12-14-23/h6-16,19,26H,5,17H2,1-4H3,(H,28,30). The Hall–Kier alpha value is -3.52. The summed E-state index contributed by atoms with van der Waals surface area (Å²) in [4.78, 5) is 13.3. The fourth-order valence-corrected chi connectivity index (χ4v) is 5.51. The van der Waals surface area contributed by atoms with E-state index in [1.54, 1.807) is 24.3 Å². The minimum absolute atomic E-state index is 0.107. The van der Waals surface area contributed by atoms with Crippen molar-refractivity contribution in [2.45, 2.75) is 44.2 Å². The molecule has 1 N–H and O–H groups in total. The SMILES string of the molecule is CCc1ccc(C(C)NC(=O)C2CN(S(=O)(=O)c3ccc(OC)cc3)c3ccc(C)cc3O2)cc1. The van der Waals surface area contributed by atoms with E-state index in [2.05, 4.69) is 12.2 Å². The molecule has 0 fully saturated rings. The Morgan fingerprint density at radius 3 is 2.43 bits per heavy atom. The largest absolute Gasteiger partial charge is 0.497 e. The van der Waals surface area contributed by atoms with Crippen molar-refractivity contribution in [2.75, 3.05) is 18.0 Å². The van der Waals surface area contributed by atoms with Crippen molar-refractivity contribution >= 4 is 21.6 Å². The minimum Gasteiger partial charge on any atom is -0.497 e. The number of ether oxygens (including phenoxy) is 2. The number of hydrogen-bond donors (Lipinski definition) is 1. The third kappa shape index (κ3) is 5.12. The van der Waals surface area contributed by atoms with Gasteiger partial charge in [0.05, 0.1) is 30.3 Å². The maximum Gasteiger partial charge on any atom is 0.264 e. The second kappa shape index (κ2) is 10.00. The number of carbonyl (C=O) groups excluding carboxylic acids is 1. The first-order chi connectivity index (χ1) is 16.7. The van der Waals surface area contributed by atoms with Gasteiger partial charge in [-0.05, 0) is 73.4 Å². The number of nitrogens with zero attached hydrogens (tertiary/aromatic N) is 1. The monoisotopic (exact) mass is 494 g/mol. The van der Waals surface area contributed by atoms with E-state index in [1.807, 2.05) is 44.2 Å². The van der Waals surface area contributed by atoms with E-state index in [9.17, 15) is 13.2 Å². The average molecular weight is 495 g/mol. The molecule has 1 aliphatic heterocycles. The molecule has 7 nitrogen and oxygen atoms in total. The number of hydrogen-bond acceptors (Lipinski definition) is 5. The molecule has 0 aromatic heterocycles.